The molecular formula is C21H23O3PS. The summed E-state index contributed by atoms with van der Waals surface area (Å²) in [6.07, 6.45) is 0. The summed E-state index contributed by atoms with van der Waals surface area (Å²) in [7, 11) is -2.75. The fourth-order valence-electron chi connectivity index (χ4n) is 3.22. The summed E-state index contributed by atoms with van der Waals surface area (Å²) in [5.41, 5.74) is 2.94. The van der Waals surface area contributed by atoms with Gasteiger partial charge in [-0.15, -0.1) is 0 Å². The largest absolute Gasteiger partial charge is 0.378 e. The van der Waals surface area contributed by atoms with E-state index in [4.69, 9.17) is 0 Å². The van der Waals surface area contributed by atoms with Crippen LogP contribution in [0.2, 0.25) is 0 Å². The van der Waals surface area contributed by atoms with Crippen LogP contribution in [0.5, 0.6) is 0 Å². The summed E-state index contributed by atoms with van der Waals surface area (Å²) in [4.78, 5) is 23.5. The predicted octanol–water partition coefficient (Wildman–Crippen LogP) is 5.99. The average Bonchev–Trinajstić information content (AvgIpc) is 2.54. The molecule has 0 aliphatic carbocycles. The Balaban J connectivity index is 2.49. The minimum Gasteiger partial charge on any atom is -0.317 e. The third-order valence-corrected chi connectivity index (χ3v) is 11.9. The highest BCUT2D eigenvalue weighted by Crippen LogP contribution is 2.89. The second kappa shape index (κ2) is 7.05. The molecule has 0 spiro atoms. The molecule has 3 aromatic carbocycles. The number of benzene rings is 3. The summed E-state index contributed by atoms with van der Waals surface area (Å²) in [5.74, 6) is 0. The van der Waals surface area contributed by atoms with Gasteiger partial charge in [-0.3, -0.25) is 0 Å². The van der Waals surface area contributed by atoms with Crippen molar-refractivity contribution in [1.82, 2.24) is 0 Å². The lowest BCUT2D eigenvalue weighted by atomic mass is 10.2. The molecule has 3 aromatic rings. The molecule has 0 atom stereocenters. The molecular weight excluding hydrogens is 363 g/mol. The van der Waals surface area contributed by atoms with Crippen molar-refractivity contribution in [3.05, 3.63) is 89.5 Å². The number of hydrogen-bond acceptors (Lipinski definition) is 1. The van der Waals surface area contributed by atoms with Crippen molar-refractivity contribution in [2.45, 2.75) is 35.5 Å². The Morgan fingerprint density at radius 2 is 0.962 bits per heavy atom. The number of aryl methyl sites for hydroxylation is 3. The van der Waals surface area contributed by atoms with Gasteiger partial charge < -0.3 is 9.79 Å². The van der Waals surface area contributed by atoms with Gasteiger partial charge in [0.1, 0.15) is 0 Å². The lowest BCUT2D eigenvalue weighted by Gasteiger charge is -2.41. The number of rotatable bonds is 4. The Morgan fingerprint density at radius 1 is 0.654 bits per heavy atom. The van der Waals surface area contributed by atoms with Crippen molar-refractivity contribution in [3.8, 4) is 0 Å². The third-order valence-electron chi connectivity index (χ3n) is 4.35. The first-order valence-corrected chi connectivity index (χ1v) is 12.2. The van der Waals surface area contributed by atoms with Gasteiger partial charge in [-0.05, 0) is 57.2 Å². The molecule has 0 amide bonds. The third kappa shape index (κ3) is 3.26. The van der Waals surface area contributed by atoms with Gasteiger partial charge in [-0.25, -0.2) is 4.57 Å². The second-order valence-corrected chi connectivity index (χ2v) is 13.1. The molecule has 3 rings (SSSR count). The Bertz CT molecular complexity index is 883. The highest BCUT2D eigenvalue weighted by atomic mass is 32.8. The van der Waals surface area contributed by atoms with Crippen molar-refractivity contribution in [3.63, 3.8) is 0 Å². The minimum atomic E-state index is -4.55. The van der Waals surface area contributed by atoms with Crippen molar-refractivity contribution in [1.29, 1.82) is 0 Å². The van der Waals surface area contributed by atoms with Crippen LogP contribution >= 0.6 is 16.4 Å². The maximum Gasteiger partial charge on any atom is 0.378 e. The fraction of sp³-hybridized carbons (Fsp3) is 0.143. The average molecular weight is 386 g/mol. The van der Waals surface area contributed by atoms with Crippen LogP contribution in [-0.2, 0) is 4.57 Å². The van der Waals surface area contributed by atoms with Crippen LogP contribution < -0.4 is 0 Å². The molecule has 0 saturated heterocycles. The highest BCUT2D eigenvalue weighted by Gasteiger charge is 2.46. The van der Waals surface area contributed by atoms with Crippen LogP contribution in [0.15, 0.2) is 87.5 Å². The van der Waals surface area contributed by atoms with E-state index in [1.54, 1.807) is 0 Å². The van der Waals surface area contributed by atoms with Gasteiger partial charge in [-0.1, -0.05) is 62.7 Å². The maximum atomic E-state index is 13.1. The zero-order valence-corrected chi connectivity index (χ0v) is 16.8. The summed E-state index contributed by atoms with van der Waals surface area (Å²) in [6, 6.07) is 22.7. The van der Waals surface area contributed by atoms with Crippen LogP contribution in [0.4, 0.5) is 0 Å². The maximum absolute atomic E-state index is 13.1. The van der Waals surface area contributed by atoms with E-state index < -0.39 is 16.4 Å². The van der Waals surface area contributed by atoms with Crippen molar-refractivity contribution in [2.24, 2.45) is 0 Å². The molecule has 5 heteroatoms. The minimum absolute atomic E-state index is 0.682. The standard InChI is InChI=1S/C21H23O3PS/c1-16-7-4-10-19(13-16)26(25(22,23)24,20-11-5-8-17(2)14-20)21-12-6-9-18(3)15-21/h4-15H,1-3H3,(H2,22,23,24). The molecule has 0 aromatic heterocycles. The van der Waals surface area contributed by atoms with Crippen molar-refractivity contribution < 1.29 is 14.4 Å². The van der Waals surface area contributed by atoms with E-state index in [9.17, 15) is 14.4 Å². The van der Waals surface area contributed by atoms with Gasteiger partial charge >= 0.3 is 6.80 Å². The Hall–Kier alpha value is -1.84. The summed E-state index contributed by atoms with van der Waals surface area (Å²) >= 11 is 0. The van der Waals surface area contributed by atoms with Gasteiger partial charge in [0, 0.05) is 14.7 Å². The van der Waals surface area contributed by atoms with E-state index in [1.165, 1.54) is 0 Å². The SMILES string of the molecule is Cc1cccc(S(c2cccc(C)c2)(c2cccc(C)c2)P(=O)(O)O)c1. The summed E-state index contributed by atoms with van der Waals surface area (Å²) < 4.78 is 13.1. The Morgan fingerprint density at radius 3 is 1.19 bits per heavy atom. The van der Waals surface area contributed by atoms with Crippen LogP contribution in [0.3, 0.4) is 0 Å². The van der Waals surface area contributed by atoms with E-state index in [1.807, 2.05) is 93.6 Å². The van der Waals surface area contributed by atoms with Gasteiger partial charge in [0.05, 0.1) is 0 Å². The lowest BCUT2D eigenvalue weighted by molar-refractivity contribution is 0.395. The van der Waals surface area contributed by atoms with Crippen molar-refractivity contribution >= 4 is 16.4 Å². The van der Waals surface area contributed by atoms with Gasteiger partial charge in [0.2, 0.25) is 0 Å². The predicted molar refractivity (Wildman–Crippen MR) is 108 cm³/mol. The van der Waals surface area contributed by atoms with E-state index in [0.717, 1.165) is 16.7 Å². The van der Waals surface area contributed by atoms with E-state index in [2.05, 4.69) is 0 Å². The van der Waals surface area contributed by atoms with E-state index in [0.29, 0.717) is 14.7 Å². The number of hydrogen-bond donors (Lipinski definition) is 2. The molecule has 0 heterocycles. The summed E-state index contributed by atoms with van der Waals surface area (Å²) in [5, 5.41) is 0. The first kappa shape index (κ1) is 18.9. The van der Waals surface area contributed by atoms with Gasteiger partial charge in [-0.2, -0.15) is 0 Å². The van der Waals surface area contributed by atoms with Crippen LogP contribution in [0, 0.1) is 20.8 Å². The zero-order valence-electron chi connectivity index (χ0n) is 15.1. The topological polar surface area (TPSA) is 57.5 Å². The Labute approximate surface area is 155 Å². The molecule has 0 aliphatic rings. The molecule has 0 saturated carbocycles. The van der Waals surface area contributed by atoms with Gasteiger partial charge in [0.25, 0.3) is 0 Å². The molecule has 0 aliphatic heterocycles. The highest BCUT2D eigenvalue weighted by molar-refractivity contribution is 8.76. The van der Waals surface area contributed by atoms with E-state index in [-0.39, 0.29) is 0 Å². The zero-order chi connectivity index (χ0) is 18.9. The second-order valence-electron chi connectivity index (χ2n) is 6.52. The summed E-state index contributed by atoms with van der Waals surface area (Å²) in [6.45, 7) is 1.28. The molecule has 0 fully saturated rings. The monoisotopic (exact) mass is 386 g/mol. The molecule has 3 nitrogen and oxygen atoms in total. The quantitative estimate of drug-likeness (QED) is 0.542. The van der Waals surface area contributed by atoms with E-state index >= 15 is 0 Å². The smallest absolute Gasteiger partial charge is 0.317 e. The Kier molecular flexibility index (Phi) is 5.14. The molecule has 136 valence electrons. The molecule has 0 bridgehead atoms. The fourth-order valence-corrected chi connectivity index (χ4v) is 10.2. The molecule has 0 radical (unpaired) electrons. The van der Waals surface area contributed by atoms with Gasteiger partial charge in [0.15, 0.2) is 0 Å². The first-order valence-electron chi connectivity index (χ1n) is 8.34. The van der Waals surface area contributed by atoms with Crippen LogP contribution in [-0.4, -0.2) is 9.79 Å². The van der Waals surface area contributed by atoms with Crippen LogP contribution in [0.25, 0.3) is 0 Å². The van der Waals surface area contributed by atoms with Crippen LogP contribution in [0.1, 0.15) is 16.7 Å². The normalized spacial score (nSPS) is 12.8. The lowest BCUT2D eigenvalue weighted by Crippen LogP contribution is -2.05. The van der Waals surface area contributed by atoms with Crippen molar-refractivity contribution in [2.75, 3.05) is 0 Å². The molecule has 0 unspecified atom stereocenters. The molecule has 2 N–H and O–H groups in total. The first-order chi connectivity index (χ1) is 12.2. The molecule has 26 heavy (non-hydrogen) atoms.